The summed E-state index contributed by atoms with van der Waals surface area (Å²) < 4.78 is 8.13. The summed E-state index contributed by atoms with van der Waals surface area (Å²) in [6.07, 6.45) is 6.05. The highest BCUT2D eigenvalue weighted by Gasteiger charge is 2.15. The number of hydrogen-bond donors (Lipinski definition) is 1. The van der Waals surface area contributed by atoms with Crippen LogP contribution in [0.5, 0.6) is 0 Å². The third kappa shape index (κ3) is 4.27. The van der Waals surface area contributed by atoms with Crippen molar-refractivity contribution in [1.82, 2.24) is 15.1 Å². The number of nitrogens with one attached hydrogen (secondary N) is 1. The Morgan fingerprint density at radius 2 is 2.35 bits per heavy atom. The van der Waals surface area contributed by atoms with Gasteiger partial charge in [0.05, 0.1) is 9.77 Å². The summed E-state index contributed by atoms with van der Waals surface area (Å²) in [5.74, 6) is 0.0995. The molecule has 2 heterocycles. The van der Waals surface area contributed by atoms with E-state index in [1.165, 1.54) is 0 Å². The summed E-state index contributed by atoms with van der Waals surface area (Å²) >= 11 is 2.20. The van der Waals surface area contributed by atoms with Crippen LogP contribution in [0.25, 0.3) is 0 Å². The second-order valence-corrected chi connectivity index (χ2v) is 5.37. The highest BCUT2D eigenvalue weighted by molar-refractivity contribution is 14.1. The van der Waals surface area contributed by atoms with Gasteiger partial charge in [-0.2, -0.15) is 5.10 Å². The molecule has 0 aliphatic carbocycles. The van der Waals surface area contributed by atoms with Crippen LogP contribution in [0.4, 0.5) is 0 Å². The molecule has 0 bridgehead atoms. The van der Waals surface area contributed by atoms with Gasteiger partial charge in [0, 0.05) is 38.4 Å². The normalized spacial score (nSPS) is 17.0. The molecule has 0 spiro atoms. The van der Waals surface area contributed by atoms with Crippen molar-refractivity contribution >= 4 is 28.5 Å². The van der Waals surface area contributed by atoms with Crippen LogP contribution in [0.15, 0.2) is 12.4 Å². The predicted octanol–water partition coefficient (Wildman–Crippen LogP) is 1.17. The van der Waals surface area contributed by atoms with E-state index in [-0.39, 0.29) is 11.9 Å². The number of carbonyl (C=O) groups is 1. The number of halogens is 1. The summed E-state index contributed by atoms with van der Waals surface area (Å²) in [6.45, 7) is 2.14. The molecular formula is C11H16IN3O2. The van der Waals surface area contributed by atoms with Gasteiger partial charge >= 0.3 is 0 Å². The highest BCUT2D eigenvalue weighted by Crippen LogP contribution is 2.06. The fourth-order valence-electron chi connectivity index (χ4n) is 1.82. The Bertz CT molecular complexity index is 375. The fourth-order valence-corrected chi connectivity index (χ4v) is 2.26. The van der Waals surface area contributed by atoms with Gasteiger partial charge in [-0.05, 0) is 35.4 Å². The van der Waals surface area contributed by atoms with Crippen molar-refractivity contribution < 1.29 is 9.53 Å². The molecular weight excluding hydrogens is 333 g/mol. The molecule has 2 rings (SSSR count). The quantitative estimate of drug-likeness (QED) is 0.831. The third-order valence-corrected chi connectivity index (χ3v) is 3.31. The van der Waals surface area contributed by atoms with Gasteiger partial charge in [0.15, 0.2) is 0 Å². The van der Waals surface area contributed by atoms with E-state index < -0.39 is 0 Å². The molecule has 0 aromatic carbocycles. The van der Waals surface area contributed by atoms with Crippen LogP contribution in [0, 0.1) is 3.57 Å². The van der Waals surface area contributed by atoms with E-state index in [9.17, 15) is 4.79 Å². The van der Waals surface area contributed by atoms with Crippen molar-refractivity contribution in [2.45, 2.75) is 31.8 Å². The van der Waals surface area contributed by atoms with Gasteiger partial charge in [-0.1, -0.05) is 0 Å². The topological polar surface area (TPSA) is 56.2 Å². The summed E-state index contributed by atoms with van der Waals surface area (Å²) in [6, 6.07) is 0.286. The molecule has 0 unspecified atom stereocenters. The first-order valence-corrected chi connectivity index (χ1v) is 6.87. The van der Waals surface area contributed by atoms with E-state index in [1.54, 1.807) is 10.9 Å². The zero-order valence-electron chi connectivity index (χ0n) is 9.56. The van der Waals surface area contributed by atoms with Crippen LogP contribution in [-0.4, -0.2) is 34.9 Å². The molecule has 6 heteroatoms. The molecule has 1 aliphatic rings. The molecule has 1 aliphatic heterocycles. The van der Waals surface area contributed by atoms with Crippen LogP contribution >= 0.6 is 22.6 Å². The van der Waals surface area contributed by atoms with E-state index in [0.717, 1.165) is 29.6 Å². The zero-order valence-corrected chi connectivity index (χ0v) is 11.7. The maximum atomic E-state index is 11.7. The van der Waals surface area contributed by atoms with Gasteiger partial charge < -0.3 is 10.1 Å². The zero-order chi connectivity index (χ0) is 12.1. The van der Waals surface area contributed by atoms with Gasteiger partial charge in [-0.25, -0.2) is 0 Å². The van der Waals surface area contributed by atoms with Crippen LogP contribution in [0.3, 0.4) is 0 Å². The second-order valence-electron chi connectivity index (χ2n) is 4.13. The van der Waals surface area contributed by atoms with Gasteiger partial charge in [0.25, 0.3) is 0 Å². The van der Waals surface area contributed by atoms with E-state index >= 15 is 0 Å². The minimum atomic E-state index is 0.0995. The Labute approximate surface area is 114 Å². The first kappa shape index (κ1) is 12.8. The first-order valence-electron chi connectivity index (χ1n) is 5.79. The second kappa shape index (κ2) is 6.34. The lowest BCUT2D eigenvalue weighted by molar-refractivity contribution is -0.122. The minimum Gasteiger partial charge on any atom is -0.381 e. The Morgan fingerprint density at radius 3 is 3.00 bits per heavy atom. The summed E-state index contributed by atoms with van der Waals surface area (Å²) in [5.41, 5.74) is 0. The Hall–Kier alpha value is -0.630. The maximum absolute atomic E-state index is 11.7. The average molecular weight is 349 g/mol. The molecule has 1 aromatic rings. The molecule has 1 fully saturated rings. The molecule has 94 valence electrons. The lowest BCUT2D eigenvalue weighted by Crippen LogP contribution is -2.39. The van der Waals surface area contributed by atoms with Crippen LogP contribution in [0.1, 0.15) is 19.3 Å². The maximum Gasteiger partial charge on any atom is 0.222 e. The minimum absolute atomic E-state index is 0.0995. The van der Waals surface area contributed by atoms with Crippen molar-refractivity contribution in [3.05, 3.63) is 16.0 Å². The van der Waals surface area contributed by atoms with Crippen molar-refractivity contribution in [3.63, 3.8) is 0 Å². The fraction of sp³-hybridized carbons (Fsp3) is 0.636. The van der Waals surface area contributed by atoms with Crippen molar-refractivity contribution in [2.75, 3.05) is 13.2 Å². The van der Waals surface area contributed by atoms with Gasteiger partial charge in [-0.15, -0.1) is 0 Å². The molecule has 0 saturated carbocycles. The van der Waals surface area contributed by atoms with Crippen LogP contribution in [0.2, 0.25) is 0 Å². The SMILES string of the molecule is O=C(CCn1cc(I)cn1)NC1CCOCC1. The van der Waals surface area contributed by atoms with Gasteiger partial charge in [0.1, 0.15) is 0 Å². The Morgan fingerprint density at radius 1 is 1.59 bits per heavy atom. The molecule has 5 nitrogen and oxygen atoms in total. The van der Waals surface area contributed by atoms with Crippen LogP contribution in [-0.2, 0) is 16.1 Å². The first-order chi connectivity index (χ1) is 8.24. The average Bonchev–Trinajstić information content (AvgIpc) is 2.74. The number of aromatic nitrogens is 2. The number of nitrogens with zero attached hydrogens (tertiary/aromatic N) is 2. The molecule has 0 atom stereocenters. The lowest BCUT2D eigenvalue weighted by atomic mass is 10.1. The van der Waals surface area contributed by atoms with Gasteiger partial charge in [0.2, 0.25) is 5.91 Å². The standard InChI is InChI=1S/C11H16IN3O2/c12-9-7-13-15(8-9)4-1-11(16)14-10-2-5-17-6-3-10/h7-8,10H,1-6H2,(H,14,16). The monoisotopic (exact) mass is 349 g/mol. The number of carbonyl (C=O) groups excluding carboxylic acids is 1. The highest BCUT2D eigenvalue weighted by atomic mass is 127. The number of aryl methyl sites for hydroxylation is 1. The Kier molecular flexibility index (Phi) is 4.78. The number of hydrogen-bond acceptors (Lipinski definition) is 3. The summed E-state index contributed by atoms with van der Waals surface area (Å²) in [7, 11) is 0. The van der Waals surface area contributed by atoms with E-state index in [1.807, 2.05) is 6.20 Å². The summed E-state index contributed by atoms with van der Waals surface area (Å²) in [5, 5.41) is 7.18. The van der Waals surface area contributed by atoms with E-state index in [2.05, 4.69) is 33.0 Å². The summed E-state index contributed by atoms with van der Waals surface area (Å²) in [4.78, 5) is 11.7. The van der Waals surface area contributed by atoms with Crippen molar-refractivity contribution in [1.29, 1.82) is 0 Å². The molecule has 0 radical (unpaired) electrons. The smallest absolute Gasteiger partial charge is 0.222 e. The van der Waals surface area contributed by atoms with Gasteiger partial charge in [-0.3, -0.25) is 9.48 Å². The molecule has 1 N–H and O–H groups in total. The third-order valence-electron chi connectivity index (χ3n) is 2.76. The van der Waals surface area contributed by atoms with Crippen molar-refractivity contribution in [3.8, 4) is 0 Å². The molecule has 17 heavy (non-hydrogen) atoms. The number of rotatable bonds is 4. The predicted molar refractivity (Wildman–Crippen MR) is 71.5 cm³/mol. The van der Waals surface area contributed by atoms with Crippen molar-refractivity contribution in [2.24, 2.45) is 0 Å². The number of amides is 1. The van der Waals surface area contributed by atoms with E-state index in [4.69, 9.17) is 4.74 Å². The Balaban J connectivity index is 1.70. The molecule has 1 amide bonds. The lowest BCUT2D eigenvalue weighted by Gasteiger charge is -2.23. The molecule has 1 saturated heterocycles. The largest absolute Gasteiger partial charge is 0.381 e. The van der Waals surface area contributed by atoms with Crippen LogP contribution < -0.4 is 5.32 Å². The number of ether oxygens (including phenoxy) is 1. The van der Waals surface area contributed by atoms with E-state index in [0.29, 0.717) is 13.0 Å². The molecule has 1 aromatic heterocycles.